The fraction of sp³-hybridized carbons (Fsp3) is 0.474. The molecule has 126 valence electrons. The lowest BCUT2D eigenvalue weighted by molar-refractivity contribution is -0.121. The van der Waals surface area contributed by atoms with Gasteiger partial charge in [0.15, 0.2) is 0 Å². The summed E-state index contributed by atoms with van der Waals surface area (Å²) in [7, 11) is 0. The van der Waals surface area contributed by atoms with Crippen LogP contribution in [0.1, 0.15) is 42.1 Å². The molecular formula is C19H24N4O. The van der Waals surface area contributed by atoms with E-state index in [4.69, 9.17) is 0 Å². The molecule has 24 heavy (non-hydrogen) atoms. The van der Waals surface area contributed by atoms with Crippen molar-refractivity contribution in [2.24, 2.45) is 0 Å². The maximum absolute atomic E-state index is 12.5. The Morgan fingerprint density at radius 2 is 2.00 bits per heavy atom. The van der Waals surface area contributed by atoms with Gasteiger partial charge in [0.1, 0.15) is 0 Å². The molecule has 1 aromatic heterocycles. The van der Waals surface area contributed by atoms with Gasteiger partial charge in [-0.1, -0.05) is 30.3 Å². The first kappa shape index (κ1) is 15.4. The third-order valence-corrected chi connectivity index (χ3v) is 5.62. The Balaban J connectivity index is 1.40. The van der Waals surface area contributed by atoms with Gasteiger partial charge < -0.3 is 10.3 Å². The van der Waals surface area contributed by atoms with Gasteiger partial charge in [0, 0.05) is 30.9 Å². The van der Waals surface area contributed by atoms with Gasteiger partial charge >= 0.3 is 0 Å². The van der Waals surface area contributed by atoms with Crippen molar-refractivity contribution in [1.29, 1.82) is 0 Å². The summed E-state index contributed by atoms with van der Waals surface area (Å²) < 4.78 is 0. The normalized spacial score (nSPS) is 23.5. The zero-order chi connectivity index (χ0) is 16.6. The monoisotopic (exact) mass is 324 g/mol. The van der Waals surface area contributed by atoms with Crippen LogP contribution in [0.3, 0.4) is 0 Å². The maximum Gasteiger partial charge on any atom is 0.228 e. The van der Waals surface area contributed by atoms with Crippen molar-refractivity contribution in [3.05, 3.63) is 53.6 Å². The first-order chi connectivity index (χ1) is 11.7. The molecule has 1 amide bonds. The van der Waals surface area contributed by atoms with E-state index in [2.05, 4.69) is 39.2 Å². The van der Waals surface area contributed by atoms with Crippen LogP contribution in [0, 0.1) is 6.92 Å². The van der Waals surface area contributed by atoms with Crippen molar-refractivity contribution in [2.45, 2.75) is 44.2 Å². The topological polar surface area (TPSA) is 61.0 Å². The predicted molar refractivity (Wildman–Crippen MR) is 92.5 cm³/mol. The lowest BCUT2D eigenvalue weighted by Crippen LogP contribution is -2.50. The molecule has 1 atom stereocenters. The Kier molecular flexibility index (Phi) is 3.88. The third-order valence-electron chi connectivity index (χ3n) is 5.62. The number of carbonyl (C=O) groups excluding carboxylic acids is 1. The molecule has 2 N–H and O–H groups in total. The number of piperidine rings is 1. The van der Waals surface area contributed by atoms with Crippen LogP contribution in [0.4, 0.5) is 0 Å². The van der Waals surface area contributed by atoms with Gasteiger partial charge in [-0.05, 0) is 31.7 Å². The van der Waals surface area contributed by atoms with E-state index in [1.165, 1.54) is 0 Å². The second-order valence-electron chi connectivity index (χ2n) is 7.19. The summed E-state index contributed by atoms with van der Waals surface area (Å²) in [6, 6.07) is 10.2. The van der Waals surface area contributed by atoms with Crippen molar-refractivity contribution in [1.82, 2.24) is 20.2 Å². The Labute approximate surface area is 142 Å². The van der Waals surface area contributed by atoms with Crippen LogP contribution in [0.15, 0.2) is 36.7 Å². The summed E-state index contributed by atoms with van der Waals surface area (Å²) in [5.74, 6) is 0.198. The van der Waals surface area contributed by atoms with Crippen LogP contribution in [-0.2, 0) is 11.3 Å². The number of aromatic amines is 1. The van der Waals surface area contributed by atoms with Crippen LogP contribution in [0.2, 0.25) is 0 Å². The number of H-pyrrole nitrogens is 1. The highest BCUT2D eigenvalue weighted by Crippen LogP contribution is 2.39. The van der Waals surface area contributed by atoms with E-state index in [1.807, 2.05) is 18.2 Å². The molecule has 2 aromatic rings. The molecule has 0 radical (unpaired) electrons. The first-order valence-corrected chi connectivity index (χ1v) is 8.73. The number of amides is 1. The smallest absolute Gasteiger partial charge is 0.228 e. The number of carbonyl (C=O) groups is 1. The molecule has 2 aliphatic rings. The molecule has 5 nitrogen and oxygen atoms in total. The predicted octanol–water partition coefficient (Wildman–Crippen LogP) is 2.36. The van der Waals surface area contributed by atoms with Gasteiger partial charge in [-0.15, -0.1) is 0 Å². The average molecular weight is 324 g/mol. The molecule has 4 rings (SSSR count). The number of nitrogens with one attached hydrogen (secondary N) is 2. The highest BCUT2D eigenvalue weighted by molar-refractivity contribution is 5.87. The molecule has 0 aliphatic carbocycles. The summed E-state index contributed by atoms with van der Waals surface area (Å²) in [5, 5.41) is 3.32. The summed E-state index contributed by atoms with van der Waals surface area (Å²) in [5.41, 5.74) is 3.40. The van der Waals surface area contributed by atoms with Crippen molar-refractivity contribution >= 4 is 5.91 Å². The molecule has 2 fully saturated rings. The Hall–Kier alpha value is -2.14. The highest BCUT2D eigenvalue weighted by Gasteiger charge is 2.46. The van der Waals surface area contributed by atoms with Crippen LogP contribution in [-0.4, -0.2) is 39.4 Å². The first-order valence-electron chi connectivity index (χ1n) is 8.73. The minimum Gasteiger partial charge on any atom is -0.350 e. The van der Waals surface area contributed by atoms with Crippen molar-refractivity contribution in [3.63, 3.8) is 0 Å². The second-order valence-corrected chi connectivity index (χ2v) is 7.19. The summed E-state index contributed by atoms with van der Waals surface area (Å²) in [6.45, 7) is 4.97. The Morgan fingerprint density at radius 1 is 1.25 bits per heavy atom. The maximum atomic E-state index is 12.5. The van der Waals surface area contributed by atoms with Gasteiger partial charge in [-0.25, -0.2) is 4.98 Å². The molecule has 0 unspecified atom stereocenters. The molecule has 2 aliphatic heterocycles. The van der Waals surface area contributed by atoms with Crippen LogP contribution in [0.5, 0.6) is 0 Å². The van der Waals surface area contributed by atoms with E-state index in [9.17, 15) is 4.79 Å². The van der Waals surface area contributed by atoms with Crippen molar-refractivity contribution < 1.29 is 4.79 Å². The fourth-order valence-electron chi connectivity index (χ4n) is 4.06. The van der Waals surface area contributed by atoms with Gasteiger partial charge in [-0.3, -0.25) is 9.69 Å². The van der Waals surface area contributed by atoms with Crippen LogP contribution < -0.4 is 5.32 Å². The molecule has 1 spiro atoms. The number of aryl methyl sites for hydroxylation is 1. The number of imidazole rings is 1. The Morgan fingerprint density at radius 3 is 2.67 bits per heavy atom. The van der Waals surface area contributed by atoms with E-state index < -0.39 is 0 Å². The average Bonchev–Trinajstić information content (AvgIpc) is 3.14. The van der Waals surface area contributed by atoms with Crippen molar-refractivity contribution in [3.8, 4) is 0 Å². The second kappa shape index (κ2) is 6.06. The van der Waals surface area contributed by atoms with Crippen LogP contribution in [0.25, 0.3) is 0 Å². The number of benzene rings is 1. The van der Waals surface area contributed by atoms with E-state index >= 15 is 0 Å². The summed E-state index contributed by atoms with van der Waals surface area (Å²) in [4.78, 5) is 22.5. The van der Waals surface area contributed by atoms with E-state index in [0.717, 1.165) is 55.8 Å². The number of rotatable bonds is 3. The van der Waals surface area contributed by atoms with Gasteiger partial charge in [0.2, 0.25) is 5.91 Å². The number of aromatic nitrogens is 2. The van der Waals surface area contributed by atoms with Gasteiger partial charge in [-0.2, -0.15) is 0 Å². The Bertz CT molecular complexity index is 716. The summed E-state index contributed by atoms with van der Waals surface area (Å²) in [6.07, 6.45) is 4.72. The standard InChI is InChI=1S/C19H24N4O/c1-14-17(21-13-20-14)12-23-9-7-19(8-10-23)11-16(18(24)22-19)15-5-3-2-4-6-15/h2-6,13,16H,7-12H2,1H3,(H,20,21)(H,22,24)/t16-/m0/s1. The van der Waals surface area contributed by atoms with Gasteiger partial charge in [0.25, 0.3) is 0 Å². The van der Waals surface area contributed by atoms with E-state index in [1.54, 1.807) is 6.33 Å². The third kappa shape index (κ3) is 2.84. The minimum atomic E-state index is -0.0191. The van der Waals surface area contributed by atoms with Crippen molar-refractivity contribution in [2.75, 3.05) is 13.1 Å². The molecule has 3 heterocycles. The van der Waals surface area contributed by atoms with E-state index in [-0.39, 0.29) is 17.4 Å². The zero-order valence-electron chi connectivity index (χ0n) is 14.1. The minimum absolute atomic E-state index is 0.00587. The van der Waals surface area contributed by atoms with E-state index in [0.29, 0.717) is 0 Å². The van der Waals surface area contributed by atoms with Gasteiger partial charge in [0.05, 0.1) is 17.9 Å². The highest BCUT2D eigenvalue weighted by atomic mass is 16.2. The molecule has 2 saturated heterocycles. The number of likely N-dealkylation sites (tertiary alicyclic amines) is 1. The SMILES string of the molecule is Cc1[nH]cnc1CN1CCC2(CC1)C[C@@H](c1ccccc1)C(=O)N2. The molecular weight excluding hydrogens is 300 g/mol. The number of nitrogens with zero attached hydrogens (tertiary/aromatic N) is 2. The largest absolute Gasteiger partial charge is 0.350 e. The quantitative estimate of drug-likeness (QED) is 0.911. The van der Waals surface area contributed by atoms with Crippen LogP contribution >= 0.6 is 0 Å². The lowest BCUT2D eigenvalue weighted by Gasteiger charge is -2.39. The summed E-state index contributed by atoms with van der Waals surface area (Å²) >= 11 is 0. The molecule has 5 heteroatoms. The number of hydrogen-bond donors (Lipinski definition) is 2. The zero-order valence-corrected chi connectivity index (χ0v) is 14.1. The molecule has 0 saturated carbocycles. The molecule has 0 bridgehead atoms. The fourth-order valence-corrected chi connectivity index (χ4v) is 4.06. The molecule has 1 aromatic carbocycles. The number of hydrogen-bond acceptors (Lipinski definition) is 3. The lowest BCUT2D eigenvalue weighted by atomic mass is 9.82.